The molecule has 1 aromatic carbocycles. The van der Waals surface area contributed by atoms with E-state index >= 15 is 0 Å². The summed E-state index contributed by atoms with van der Waals surface area (Å²) in [5, 5.41) is 26.1. The van der Waals surface area contributed by atoms with Crippen LogP contribution in [0.25, 0.3) is 0 Å². The van der Waals surface area contributed by atoms with Crippen LogP contribution < -0.4 is 15.7 Å². The normalized spacial score (nSPS) is 17.8. The maximum atomic E-state index is 11.4. The summed E-state index contributed by atoms with van der Waals surface area (Å²) < 4.78 is 0. The molecule has 0 fully saturated rings. The van der Waals surface area contributed by atoms with Crippen LogP contribution in [0.1, 0.15) is 11.6 Å². The average Bonchev–Trinajstić information content (AvgIpc) is 2.38. The maximum Gasteiger partial charge on any atom is 0.320 e. The SMILES string of the molecule is O=C1NC(C(=O)[O-])=C[C@@H](c2cc([N+](=O)[O-])ccc2Cl)N1. The summed E-state index contributed by atoms with van der Waals surface area (Å²) >= 11 is 5.92. The first-order valence-corrected chi connectivity index (χ1v) is 5.71. The molecule has 8 nitrogen and oxygen atoms in total. The molecule has 1 aliphatic rings. The predicted molar refractivity (Wildman–Crippen MR) is 65.6 cm³/mol. The Bertz CT molecular complexity index is 643. The highest BCUT2D eigenvalue weighted by atomic mass is 35.5. The van der Waals surface area contributed by atoms with E-state index in [1.165, 1.54) is 18.2 Å². The third-order valence-corrected chi connectivity index (χ3v) is 2.96. The lowest BCUT2D eigenvalue weighted by Crippen LogP contribution is -2.46. The molecule has 2 N–H and O–H groups in total. The van der Waals surface area contributed by atoms with Gasteiger partial charge in [0.05, 0.1) is 22.6 Å². The molecule has 0 unspecified atom stereocenters. The fourth-order valence-corrected chi connectivity index (χ4v) is 1.95. The zero-order chi connectivity index (χ0) is 14.9. The van der Waals surface area contributed by atoms with Gasteiger partial charge in [-0.3, -0.25) is 10.1 Å². The van der Waals surface area contributed by atoms with Crippen LogP contribution in [0.5, 0.6) is 0 Å². The van der Waals surface area contributed by atoms with Gasteiger partial charge in [-0.15, -0.1) is 0 Å². The summed E-state index contributed by atoms with van der Waals surface area (Å²) in [6.07, 6.45) is 1.15. The molecule has 1 aromatic rings. The van der Waals surface area contributed by atoms with Gasteiger partial charge in [-0.25, -0.2) is 4.79 Å². The van der Waals surface area contributed by atoms with Crippen molar-refractivity contribution in [2.75, 3.05) is 0 Å². The van der Waals surface area contributed by atoms with Crippen molar-refractivity contribution in [1.82, 2.24) is 10.6 Å². The van der Waals surface area contributed by atoms with Gasteiger partial charge in [-0.1, -0.05) is 11.6 Å². The smallest absolute Gasteiger partial charge is 0.320 e. The number of nitro benzene ring substituents is 1. The van der Waals surface area contributed by atoms with E-state index in [4.69, 9.17) is 11.6 Å². The molecule has 104 valence electrons. The van der Waals surface area contributed by atoms with Crippen LogP contribution in [-0.4, -0.2) is 16.9 Å². The molecule has 0 spiro atoms. The molecule has 0 saturated heterocycles. The summed E-state index contributed by atoms with van der Waals surface area (Å²) in [4.78, 5) is 32.2. The lowest BCUT2D eigenvalue weighted by atomic mass is 10.0. The fourth-order valence-electron chi connectivity index (χ4n) is 1.72. The van der Waals surface area contributed by atoms with Crippen molar-refractivity contribution >= 4 is 29.3 Å². The molecule has 0 aliphatic carbocycles. The van der Waals surface area contributed by atoms with E-state index in [2.05, 4.69) is 5.32 Å². The zero-order valence-electron chi connectivity index (χ0n) is 9.75. The number of carbonyl (C=O) groups is 2. The number of aliphatic carboxylic acids is 1. The van der Waals surface area contributed by atoms with Crippen molar-refractivity contribution in [2.45, 2.75) is 6.04 Å². The average molecular weight is 297 g/mol. The van der Waals surface area contributed by atoms with Crippen LogP contribution in [0.15, 0.2) is 30.0 Å². The van der Waals surface area contributed by atoms with Crippen LogP contribution in [0.4, 0.5) is 10.5 Å². The van der Waals surface area contributed by atoms with Crippen molar-refractivity contribution < 1.29 is 19.6 Å². The molecule has 0 saturated carbocycles. The van der Waals surface area contributed by atoms with Gasteiger partial charge in [0.2, 0.25) is 0 Å². The number of carboxylic acids is 1. The number of hydrogen-bond acceptors (Lipinski definition) is 5. The van der Waals surface area contributed by atoms with Gasteiger partial charge in [0.25, 0.3) is 5.69 Å². The highest BCUT2D eigenvalue weighted by Gasteiger charge is 2.23. The van der Waals surface area contributed by atoms with Crippen molar-refractivity contribution in [3.05, 3.63) is 50.7 Å². The monoisotopic (exact) mass is 296 g/mol. The predicted octanol–water partition coefficient (Wildman–Crippen LogP) is 0.236. The molecular formula is C11H7ClN3O5-. The Morgan fingerprint density at radius 2 is 2.10 bits per heavy atom. The van der Waals surface area contributed by atoms with E-state index in [1.54, 1.807) is 0 Å². The Hall–Kier alpha value is -2.61. The first-order valence-electron chi connectivity index (χ1n) is 5.33. The van der Waals surface area contributed by atoms with Gasteiger partial charge >= 0.3 is 6.03 Å². The highest BCUT2D eigenvalue weighted by Crippen LogP contribution is 2.29. The third-order valence-electron chi connectivity index (χ3n) is 2.61. The number of nitrogens with zero attached hydrogens (tertiary/aromatic N) is 1. The summed E-state index contributed by atoms with van der Waals surface area (Å²) in [6, 6.07) is 2.01. The Balaban J connectivity index is 2.47. The zero-order valence-corrected chi connectivity index (χ0v) is 10.5. The number of benzene rings is 1. The first-order chi connectivity index (χ1) is 9.38. The molecular weight excluding hydrogens is 290 g/mol. The lowest BCUT2D eigenvalue weighted by molar-refractivity contribution is -0.384. The minimum atomic E-state index is -1.56. The number of nitrogens with one attached hydrogen (secondary N) is 2. The molecule has 0 radical (unpaired) electrons. The number of hydrogen-bond donors (Lipinski definition) is 2. The number of carboxylic acid groups (broad SMARTS) is 1. The second kappa shape index (κ2) is 5.17. The van der Waals surface area contributed by atoms with Crippen molar-refractivity contribution in [3.63, 3.8) is 0 Å². The van der Waals surface area contributed by atoms with E-state index in [-0.39, 0.29) is 16.3 Å². The van der Waals surface area contributed by atoms with Crippen LogP contribution in [0.3, 0.4) is 0 Å². The molecule has 1 heterocycles. The quantitative estimate of drug-likeness (QED) is 0.610. The number of non-ortho nitro benzene ring substituents is 1. The molecule has 1 aliphatic heterocycles. The molecule has 20 heavy (non-hydrogen) atoms. The molecule has 2 rings (SSSR count). The first kappa shape index (κ1) is 13.8. The molecule has 9 heteroatoms. The number of carbonyl (C=O) groups excluding carboxylic acids is 2. The van der Waals surface area contributed by atoms with Crippen LogP contribution in [0, 0.1) is 10.1 Å². The Morgan fingerprint density at radius 1 is 1.40 bits per heavy atom. The third kappa shape index (κ3) is 2.69. The summed E-state index contributed by atoms with van der Waals surface area (Å²) in [5.41, 5.74) is -0.434. The summed E-state index contributed by atoms with van der Waals surface area (Å²) in [5.74, 6) is -1.56. The number of urea groups is 1. The second-order valence-corrected chi connectivity index (χ2v) is 4.31. The standard InChI is InChI=1S/C11H8ClN3O5/c12-7-2-1-5(15(19)20)3-6(7)8-4-9(10(16)17)14-11(18)13-8/h1-4,8H,(H,16,17)(H2,13,14,18)/p-1/t8-/m0/s1. The van der Waals surface area contributed by atoms with Gasteiger partial charge in [-0.2, -0.15) is 0 Å². The van der Waals surface area contributed by atoms with E-state index in [9.17, 15) is 24.8 Å². The van der Waals surface area contributed by atoms with E-state index < -0.39 is 28.7 Å². The molecule has 0 bridgehead atoms. The molecule has 1 atom stereocenters. The van der Waals surface area contributed by atoms with Crippen LogP contribution in [-0.2, 0) is 4.79 Å². The second-order valence-electron chi connectivity index (χ2n) is 3.91. The Labute approximate surface area is 117 Å². The van der Waals surface area contributed by atoms with E-state index in [0.717, 1.165) is 6.08 Å². The van der Waals surface area contributed by atoms with Crippen molar-refractivity contribution in [3.8, 4) is 0 Å². The number of nitro groups is 1. The maximum absolute atomic E-state index is 11.4. The van der Waals surface area contributed by atoms with Crippen molar-refractivity contribution in [2.24, 2.45) is 0 Å². The summed E-state index contributed by atoms with van der Waals surface area (Å²) in [6.45, 7) is 0. The topological polar surface area (TPSA) is 124 Å². The molecule has 2 amide bonds. The highest BCUT2D eigenvalue weighted by molar-refractivity contribution is 6.31. The van der Waals surface area contributed by atoms with Gasteiger partial charge in [0.1, 0.15) is 0 Å². The van der Waals surface area contributed by atoms with E-state index in [0.29, 0.717) is 0 Å². The van der Waals surface area contributed by atoms with E-state index in [1.807, 2.05) is 5.32 Å². The number of halogens is 1. The molecule has 0 aromatic heterocycles. The van der Waals surface area contributed by atoms with Crippen molar-refractivity contribution in [1.29, 1.82) is 0 Å². The largest absolute Gasteiger partial charge is 0.543 e. The van der Waals surface area contributed by atoms with Gasteiger partial charge in [0.15, 0.2) is 0 Å². The van der Waals surface area contributed by atoms with Crippen LogP contribution >= 0.6 is 11.6 Å². The minimum Gasteiger partial charge on any atom is -0.543 e. The Kier molecular flexibility index (Phi) is 3.57. The van der Waals surface area contributed by atoms with Crippen LogP contribution in [0.2, 0.25) is 5.02 Å². The minimum absolute atomic E-state index is 0.164. The fraction of sp³-hybridized carbons (Fsp3) is 0.0909. The Morgan fingerprint density at radius 3 is 2.70 bits per heavy atom. The van der Waals surface area contributed by atoms with Gasteiger partial charge in [0, 0.05) is 22.7 Å². The van der Waals surface area contributed by atoms with Gasteiger partial charge in [-0.05, 0) is 12.1 Å². The lowest BCUT2D eigenvalue weighted by Gasteiger charge is -2.24. The number of amides is 2. The van der Waals surface area contributed by atoms with Gasteiger partial charge < -0.3 is 20.5 Å². The number of rotatable bonds is 3. The summed E-state index contributed by atoms with van der Waals surface area (Å²) in [7, 11) is 0.